The van der Waals surface area contributed by atoms with Gasteiger partial charge in [0, 0.05) is 36.6 Å². The quantitative estimate of drug-likeness (QED) is 0.763. The van der Waals surface area contributed by atoms with Gasteiger partial charge in [0.15, 0.2) is 0 Å². The number of hydrogen-bond acceptors (Lipinski definition) is 3. The molecule has 0 spiro atoms. The van der Waals surface area contributed by atoms with E-state index in [1.807, 2.05) is 13.1 Å². The average Bonchev–Trinajstić information content (AvgIpc) is 3.21. The molecule has 0 N–H and O–H groups in total. The Hall–Kier alpha value is -1.81. The van der Waals surface area contributed by atoms with Crippen LogP contribution in [0, 0.1) is 5.92 Å². The average molecular weight is 327 g/mol. The van der Waals surface area contributed by atoms with Crippen LogP contribution in [0.15, 0.2) is 30.6 Å². The highest BCUT2D eigenvalue weighted by Gasteiger charge is 2.18. The van der Waals surface area contributed by atoms with Crippen molar-refractivity contribution in [3.05, 3.63) is 36.2 Å². The second-order valence-corrected chi connectivity index (χ2v) is 7.05. The number of benzene rings is 1. The van der Waals surface area contributed by atoms with E-state index in [1.54, 1.807) is 0 Å². The van der Waals surface area contributed by atoms with E-state index < -0.39 is 0 Å². The number of imidazole rings is 1. The minimum absolute atomic E-state index is 0.691. The maximum absolute atomic E-state index is 5.79. The predicted molar refractivity (Wildman–Crippen MR) is 98.2 cm³/mol. The number of nitrogens with zero attached hydrogens (tertiary/aromatic N) is 3. The van der Waals surface area contributed by atoms with Gasteiger partial charge in [-0.05, 0) is 58.0 Å². The van der Waals surface area contributed by atoms with E-state index in [0.717, 1.165) is 30.6 Å². The molecule has 1 aromatic carbocycles. The zero-order valence-corrected chi connectivity index (χ0v) is 15.2. The van der Waals surface area contributed by atoms with Gasteiger partial charge in [0.05, 0.1) is 6.61 Å². The maximum atomic E-state index is 5.79. The highest BCUT2D eigenvalue weighted by atomic mass is 16.5. The molecule has 1 heterocycles. The molecule has 0 aliphatic heterocycles. The van der Waals surface area contributed by atoms with Gasteiger partial charge < -0.3 is 14.2 Å². The molecule has 1 aliphatic rings. The summed E-state index contributed by atoms with van der Waals surface area (Å²) in [5.41, 5.74) is 2.40. The molecular formula is C20H29N3O. The summed E-state index contributed by atoms with van der Waals surface area (Å²) in [4.78, 5) is 6.81. The van der Waals surface area contributed by atoms with Gasteiger partial charge in [-0.2, -0.15) is 0 Å². The van der Waals surface area contributed by atoms with Crippen molar-refractivity contribution in [2.45, 2.75) is 45.7 Å². The largest absolute Gasteiger partial charge is 0.494 e. The zero-order valence-electron chi connectivity index (χ0n) is 15.2. The van der Waals surface area contributed by atoms with Crippen molar-refractivity contribution in [1.29, 1.82) is 0 Å². The van der Waals surface area contributed by atoms with Crippen LogP contribution in [0.2, 0.25) is 0 Å². The van der Waals surface area contributed by atoms with Crippen LogP contribution < -0.4 is 4.74 Å². The molecule has 0 amide bonds. The molecule has 4 heteroatoms. The molecule has 0 unspecified atom stereocenters. The van der Waals surface area contributed by atoms with E-state index in [0.29, 0.717) is 6.61 Å². The summed E-state index contributed by atoms with van der Waals surface area (Å²) < 4.78 is 8.12. The molecule has 0 radical (unpaired) electrons. The van der Waals surface area contributed by atoms with Crippen molar-refractivity contribution in [3.8, 4) is 17.1 Å². The standard InChI is InChI=1S/C20H29N3O/c1-4-24-19-10-9-17(13-18(19)15-22(2)3)20-21-11-12-23(20)14-16-7-5-6-8-16/h9-13,16H,4-8,14-15H2,1-3H3. The third kappa shape index (κ3) is 3.99. The van der Waals surface area contributed by atoms with Gasteiger partial charge in [-0.1, -0.05) is 12.8 Å². The Balaban J connectivity index is 1.87. The van der Waals surface area contributed by atoms with Crippen LogP contribution in [0.4, 0.5) is 0 Å². The Morgan fingerprint density at radius 3 is 2.75 bits per heavy atom. The normalized spacial score (nSPS) is 15.3. The minimum atomic E-state index is 0.691. The SMILES string of the molecule is CCOc1ccc(-c2nccn2CC2CCCC2)cc1CN(C)C. The molecule has 130 valence electrons. The van der Waals surface area contributed by atoms with Crippen LogP contribution in [0.5, 0.6) is 5.75 Å². The van der Waals surface area contributed by atoms with Gasteiger partial charge >= 0.3 is 0 Å². The topological polar surface area (TPSA) is 30.3 Å². The second-order valence-electron chi connectivity index (χ2n) is 7.05. The Morgan fingerprint density at radius 1 is 1.25 bits per heavy atom. The fourth-order valence-electron chi connectivity index (χ4n) is 3.67. The zero-order chi connectivity index (χ0) is 16.9. The third-order valence-electron chi connectivity index (χ3n) is 4.75. The smallest absolute Gasteiger partial charge is 0.139 e. The minimum Gasteiger partial charge on any atom is -0.494 e. The molecule has 2 aromatic rings. The van der Waals surface area contributed by atoms with E-state index >= 15 is 0 Å². The van der Waals surface area contributed by atoms with Crippen LogP contribution >= 0.6 is 0 Å². The van der Waals surface area contributed by atoms with Gasteiger partial charge in [0.2, 0.25) is 0 Å². The van der Waals surface area contributed by atoms with Crippen molar-refractivity contribution in [3.63, 3.8) is 0 Å². The number of hydrogen-bond donors (Lipinski definition) is 0. The van der Waals surface area contributed by atoms with E-state index in [1.165, 1.54) is 36.8 Å². The molecule has 3 rings (SSSR count). The third-order valence-corrected chi connectivity index (χ3v) is 4.75. The molecule has 0 bridgehead atoms. The molecule has 1 fully saturated rings. The molecule has 1 aliphatic carbocycles. The van der Waals surface area contributed by atoms with Gasteiger partial charge in [-0.3, -0.25) is 0 Å². The first-order valence-electron chi connectivity index (χ1n) is 9.09. The van der Waals surface area contributed by atoms with Crippen molar-refractivity contribution in [2.75, 3.05) is 20.7 Å². The lowest BCUT2D eigenvalue weighted by molar-refractivity contribution is 0.325. The number of rotatable bonds is 7. The van der Waals surface area contributed by atoms with Crippen molar-refractivity contribution < 1.29 is 4.74 Å². The molecular weight excluding hydrogens is 298 g/mol. The molecule has 1 saturated carbocycles. The summed E-state index contributed by atoms with van der Waals surface area (Å²) in [6, 6.07) is 6.46. The lowest BCUT2D eigenvalue weighted by Crippen LogP contribution is -2.12. The van der Waals surface area contributed by atoms with Crippen molar-refractivity contribution >= 4 is 0 Å². The summed E-state index contributed by atoms with van der Waals surface area (Å²) in [5.74, 6) is 2.86. The Labute approximate surface area is 145 Å². The van der Waals surface area contributed by atoms with E-state index in [2.05, 4.69) is 52.9 Å². The van der Waals surface area contributed by atoms with Gasteiger partial charge in [-0.15, -0.1) is 0 Å². The van der Waals surface area contributed by atoms with Gasteiger partial charge in [0.25, 0.3) is 0 Å². The molecule has 24 heavy (non-hydrogen) atoms. The molecule has 0 atom stereocenters. The number of ether oxygens (including phenoxy) is 1. The fourth-order valence-corrected chi connectivity index (χ4v) is 3.67. The van der Waals surface area contributed by atoms with Crippen LogP contribution in [0.3, 0.4) is 0 Å². The van der Waals surface area contributed by atoms with Crippen molar-refractivity contribution in [2.24, 2.45) is 5.92 Å². The Morgan fingerprint density at radius 2 is 2.04 bits per heavy atom. The van der Waals surface area contributed by atoms with E-state index in [4.69, 9.17) is 4.74 Å². The Kier molecular flexibility index (Phi) is 5.56. The summed E-state index contributed by atoms with van der Waals surface area (Å²) in [6.45, 7) is 4.68. The summed E-state index contributed by atoms with van der Waals surface area (Å²) in [7, 11) is 4.17. The highest BCUT2D eigenvalue weighted by Crippen LogP contribution is 2.30. The highest BCUT2D eigenvalue weighted by molar-refractivity contribution is 5.59. The fraction of sp³-hybridized carbons (Fsp3) is 0.550. The summed E-state index contributed by atoms with van der Waals surface area (Å²) >= 11 is 0. The lowest BCUT2D eigenvalue weighted by atomic mass is 10.1. The van der Waals surface area contributed by atoms with Crippen LogP contribution in [0.25, 0.3) is 11.4 Å². The van der Waals surface area contributed by atoms with Gasteiger partial charge in [0.1, 0.15) is 11.6 Å². The van der Waals surface area contributed by atoms with Crippen LogP contribution in [-0.2, 0) is 13.1 Å². The monoisotopic (exact) mass is 327 g/mol. The first kappa shape index (κ1) is 17.0. The second kappa shape index (κ2) is 7.84. The van der Waals surface area contributed by atoms with Gasteiger partial charge in [-0.25, -0.2) is 4.98 Å². The summed E-state index contributed by atoms with van der Waals surface area (Å²) in [5, 5.41) is 0. The Bertz CT molecular complexity index is 657. The maximum Gasteiger partial charge on any atom is 0.139 e. The first-order chi connectivity index (χ1) is 11.7. The summed E-state index contributed by atoms with van der Waals surface area (Å²) in [6.07, 6.45) is 9.51. The van der Waals surface area contributed by atoms with Crippen LogP contribution in [0.1, 0.15) is 38.2 Å². The molecule has 4 nitrogen and oxygen atoms in total. The van der Waals surface area contributed by atoms with Crippen molar-refractivity contribution in [1.82, 2.24) is 14.5 Å². The van der Waals surface area contributed by atoms with E-state index in [9.17, 15) is 0 Å². The predicted octanol–water partition coefficient (Wildman–Crippen LogP) is 4.20. The van der Waals surface area contributed by atoms with Crippen LogP contribution in [-0.4, -0.2) is 35.2 Å². The molecule has 0 saturated heterocycles. The first-order valence-corrected chi connectivity index (χ1v) is 9.09. The van der Waals surface area contributed by atoms with E-state index in [-0.39, 0.29) is 0 Å². The molecule has 1 aromatic heterocycles. The lowest BCUT2D eigenvalue weighted by Gasteiger charge is -2.17. The number of aromatic nitrogens is 2.